The van der Waals surface area contributed by atoms with E-state index >= 15 is 0 Å². The van der Waals surface area contributed by atoms with Crippen LogP contribution in [0.15, 0.2) is 41.3 Å². The van der Waals surface area contributed by atoms with Crippen LogP contribution in [-0.4, -0.2) is 26.6 Å². The molecule has 5 aromatic rings. The van der Waals surface area contributed by atoms with Crippen molar-refractivity contribution in [3.05, 3.63) is 46.9 Å². The van der Waals surface area contributed by atoms with Gasteiger partial charge in [0, 0.05) is 17.0 Å². The van der Waals surface area contributed by atoms with Gasteiger partial charge in [0.2, 0.25) is 5.88 Å². The maximum Gasteiger partial charge on any atom is 0.261 e. The van der Waals surface area contributed by atoms with E-state index in [4.69, 9.17) is 4.74 Å². The molecule has 0 saturated heterocycles. The van der Waals surface area contributed by atoms with Crippen molar-refractivity contribution in [1.29, 1.82) is 0 Å². The minimum Gasteiger partial charge on any atom is -0.497 e. The molecule has 6 heteroatoms. The van der Waals surface area contributed by atoms with E-state index in [0.717, 1.165) is 27.3 Å². The highest BCUT2D eigenvalue weighted by Gasteiger charge is 2.20. The molecule has 112 valence electrons. The summed E-state index contributed by atoms with van der Waals surface area (Å²) >= 11 is 0. The summed E-state index contributed by atoms with van der Waals surface area (Å²) in [5.74, 6) is 0.563. The topological polar surface area (TPSA) is 79.6 Å². The van der Waals surface area contributed by atoms with Gasteiger partial charge >= 0.3 is 0 Å². The Bertz CT molecular complexity index is 1280. The highest BCUT2D eigenvalue weighted by atomic mass is 16.5. The molecule has 0 unspecified atom stereocenters. The maximum atomic E-state index is 12.4. The number of aromatic amines is 1. The molecule has 4 aromatic heterocycles. The van der Waals surface area contributed by atoms with Gasteiger partial charge in [0.15, 0.2) is 0 Å². The smallest absolute Gasteiger partial charge is 0.261 e. The van der Waals surface area contributed by atoms with E-state index in [0.29, 0.717) is 16.7 Å². The number of nitrogens with one attached hydrogen (secondary N) is 1. The van der Waals surface area contributed by atoms with Crippen LogP contribution in [-0.2, 0) is 0 Å². The van der Waals surface area contributed by atoms with Gasteiger partial charge < -0.3 is 14.2 Å². The van der Waals surface area contributed by atoms with Crippen molar-refractivity contribution < 1.29 is 9.84 Å². The molecule has 4 heterocycles. The largest absolute Gasteiger partial charge is 0.497 e. The highest BCUT2D eigenvalue weighted by molar-refractivity contribution is 6.24. The fraction of sp³-hybridized carbons (Fsp3) is 0.0588. The standard InChI is InChI=1S/C17H11N3O3/c1-23-8-4-5-10-9(7-8)12-13-15(17(22)19-16(13)21)20-6-2-3-11(20)14(12)18-10/h2-7,22H,1H3,(H,19,21). The molecule has 1 aromatic carbocycles. The van der Waals surface area contributed by atoms with Gasteiger partial charge in [-0.15, -0.1) is 0 Å². The fourth-order valence-electron chi connectivity index (χ4n) is 3.37. The number of aromatic nitrogens is 3. The Morgan fingerprint density at radius 1 is 1.26 bits per heavy atom. The van der Waals surface area contributed by atoms with Gasteiger partial charge in [-0.05, 0) is 30.3 Å². The number of pyridine rings is 1. The number of fused-ring (bicyclic) bond motifs is 8. The van der Waals surface area contributed by atoms with E-state index in [1.165, 1.54) is 0 Å². The first-order chi connectivity index (χ1) is 11.2. The van der Waals surface area contributed by atoms with E-state index in [9.17, 15) is 9.90 Å². The predicted octanol–water partition coefficient (Wildman–Crippen LogP) is 2.63. The maximum absolute atomic E-state index is 12.4. The van der Waals surface area contributed by atoms with Crippen molar-refractivity contribution >= 4 is 38.2 Å². The number of ether oxygens (including phenoxy) is 1. The van der Waals surface area contributed by atoms with Crippen LogP contribution in [0.2, 0.25) is 0 Å². The molecule has 0 bridgehead atoms. The normalized spacial score (nSPS) is 12.0. The lowest BCUT2D eigenvalue weighted by molar-refractivity contribution is 0.415. The van der Waals surface area contributed by atoms with E-state index in [1.54, 1.807) is 11.5 Å². The Hall–Kier alpha value is -3.28. The summed E-state index contributed by atoms with van der Waals surface area (Å²) in [4.78, 5) is 19.6. The Morgan fingerprint density at radius 2 is 2.13 bits per heavy atom. The molecule has 0 aliphatic rings. The highest BCUT2D eigenvalue weighted by Crippen LogP contribution is 2.37. The Kier molecular flexibility index (Phi) is 2.09. The number of benzene rings is 1. The van der Waals surface area contributed by atoms with Crippen LogP contribution in [0.3, 0.4) is 0 Å². The number of nitrogens with zero attached hydrogens (tertiary/aromatic N) is 2. The summed E-state index contributed by atoms with van der Waals surface area (Å²) in [5, 5.41) is 12.2. The van der Waals surface area contributed by atoms with Crippen LogP contribution in [0.5, 0.6) is 11.6 Å². The van der Waals surface area contributed by atoms with E-state index < -0.39 is 0 Å². The van der Waals surface area contributed by atoms with Gasteiger partial charge in [0.05, 0.1) is 29.0 Å². The summed E-state index contributed by atoms with van der Waals surface area (Å²) in [6, 6.07) is 9.36. The van der Waals surface area contributed by atoms with Gasteiger partial charge in [0.1, 0.15) is 11.3 Å². The van der Waals surface area contributed by atoms with Crippen LogP contribution >= 0.6 is 0 Å². The van der Waals surface area contributed by atoms with Crippen molar-refractivity contribution in [2.75, 3.05) is 7.11 Å². The molecule has 0 atom stereocenters. The number of rotatable bonds is 1. The van der Waals surface area contributed by atoms with Gasteiger partial charge in [-0.1, -0.05) is 0 Å². The molecular weight excluding hydrogens is 294 g/mol. The molecule has 0 aliphatic carbocycles. The number of H-pyrrole nitrogens is 1. The predicted molar refractivity (Wildman–Crippen MR) is 87.7 cm³/mol. The molecule has 0 radical (unpaired) electrons. The van der Waals surface area contributed by atoms with Crippen molar-refractivity contribution in [2.24, 2.45) is 0 Å². The average molecular weight is 305 g/mol. The summed E-state index contributed by atoms with van der Waals surface area (Å²) in [6.07, 6.45) is 1.81. The van der Waals surface area contributed by atoms with Crippen LogP contribution in [0.1, 0.15) is 0 Å². The van der Waals surface area contributed by atoms with Gasteiger partial charge in [-0.2, -0.15) is 0 Å². The van der Waals surface area contributed by atoms with Crippen LogP contribution < -0.4 is 10.3 Å². The van der Waals surface area contributed by atoms with Crippen molar-refractivity contribution in [3.63, 3.8) is 0 Å². The number of hydrogen-bond donors (Lipinski definition) is 2. The van der Waals surface area contributed by atoms with Crippen LogP contribution in [0.4, 0.5) is 0 Å². The summed E-state index contributed by atoms with van der Waals surface area (Å²) in [5.41, 5.74) is 2.52. The Labute approximate surface area is 128 Å². The van der Waals surface area contributed by atoms with Gasteiger partial charge in [0.25, 0.3) is 5.56 Å². The molecular formula is C17H11N3O3. The number of methoxy groups -OCH3 is 1. The monoisotopic (exact) mass is 305 g/mol. The molecule has 0 aliphatic heterocycles. The third-order valence-electron chi connectivity index (χ3n) is 4.34. The van der Waals surface area contributed by atoms with Crippen LogP contribution in [0, 0.1) is 0 Å². The summed E-state index contributed by atoms with van der Waals surface area (Å²) in [7, 11) is 1.60. The first-order valence-electron chi connectivity index (χ1n) is 7.14. The third kappa shape index (κ3) is 1.37. The number of hydrogen-bond acceptors (Lipinski definition) is 4. The minimum atomic E-state index is -0.324. The fourth-order valence-corrected chi connectivity index (χ4v) is 3.37. The first kappa shape index (κ1) is 12.3. The quantitative estimate of drug-likeness (QED) is 0.499. The lowest BCUT2D eigenvalue weighted by atomic mass is 10.1. The van der Waals surface area contributed by atoms with E-state index in [-0.39, 0.29) is 11.4 Å². The molecule has 23 heavy (non-hydrogen) atoms. The summed E-state index contributed by atoms with van der Waals surface area (Å²) in [6.45, 7) is 0. The Balaban J connectivity index is 2.21. The molecule has 0 saturated carbocycles. The SMILES string of the molecule is COc1ccc2nc3c(c2c1)c1c(=O)[nH]c(O)c1n1cccc31. The summed E-state index contributed by atoms with van der Waals surface area (Å²) < 4.78 is 7.08. The molecule has 2 N–H and O–H groups in total. The second kappa shape index (κ2) is 3.92. The zero-order valence-electron chi connectivity index (χ0n) is 12.1. The third-order valence-corrected chi connectivity index (χ3v) is 4.34. The van der Waals surface area contributed by atoms with Crippen molar-refractivity contribution in [1.82, 2.24) is 14.4 Å². The molecule has 0 spiro atoms. The zero-order chi connectivity index (χ0) is 15.7. The molecule has 0 amide bonds. The lowest BCUT2D eigenvalue weighted by Crippen LogP contribution is -1.98. The number of aromatic hydroxyl groups is 1. The Morgan fingerprint density at radius 3 is 2.96 bits per heavy atom. The lowest BCUT2D eigenvalue weighted by Gasteiger charge is -2.02. The van der Waals surface area contributed by atoms with Gasteiger partial charge in [-0.25, -0.2) is 4.98 Å². The molecule has 6 nitrogen and oxygen atoms in total. The molecule has 5 rings (SSSR count). The van der Waals surface area contributed by atoms with E-state index in [2.05, 4.69) is 9.97 Å². The minimum absolute atomic E-state index is 0.134. The molecule has 0 fully saturated rings. The van der Waals surface area contributed by atoms with Gasteiger partial charge in [-0.3, -0.25) is 9.78 Å². The van der Waals surface area contributed by atoms with E-state index in [1.807, 2.05) is 36.5 Å². The average Bonchev–Trinajstić information content (AvgIpc) is 3.22. The second-order valence-electron chi connectivity index (χ2n) is 5.51. The first-order valence-corrected chi connectivity index (χ1v) is 7.14. The van der Waals surface area contributed by atoms with Crippen LogP contribution in [0.25, 0.3) is 38.2 Å². The van der Waals surface area contributed by atoms with Crippen molar-refractivity contribution in [2.45, 2.75) is 0 Å². The second-order valence-corrected chi connectivity index (χ2v) is 5.51. The van der Waals surface area contributed by atoms with Crippen molar-refractivity contribution in [3.8, 4) is 11.6 Å². The zero-order valence-corrected chi connectivity index (χ0v) is 12.1.